The second kappa shape index (κ2) is 4.64. The third kappa shape index (κ3) is 3.38. The van der Waals surface area contributed by atoms with E-state index in [0.717, 1.165) is 31.4 Å². The molecule has 0 aromatic carbocycles. The van der Waals surface area contributed by atoms with Crippen LogP contribution >= 0.6 is 11.5 Å². The lowest BCUT2D eigenvalue weighted by Crippen LogP contribution is -2.28. The molecule has 0 amide bonds. The van der Waals surface area contributed by atoms with E-state index < -0.39 is 0 Å². The lowest BCUT2D eigenvalue weighted by Gasteiger charge is -2.02. The first-order chi connectivity index (χ1) is 6.45. The van der Waals surface area contributed by atoms with Crippen LogP contribution < -0.4 is 10.6 Å². The van der Waals surface area contributed by atoms with Crippen LogP contribution in [0.1, 0.15) is 18.5 Å². The van der Waals surface area contributed by atoms with Crippen molar-refractivity contribution in [2.75, 3.05) is 13.1 Å². The molecule has 72 valence electrons. The largest absolute Gasteiger partial charge is 0.313 e. The van der Waals surface area contributed by atoms with Crippen LogP contribution in [0.15, 0.2) is 5.38 Å². The summed E-state index contributed by atoms with van der Waals surface area (Å²) in [5, 5.41) is 12.7. The molecule has 2 rings (SSSR count). The van der Waals surface area contributed by atoms with Crippen LogP contribution in [-0.4, -0.2) is 28.7 Å². The lowest BCUT2D eigenvalue weighted by molar-refractivity contribution is 0.603. The van der Waals surface area contributed by atoms with E-state index in [1.807, 2.05) is 5.38 Å². The Kier molecular flexibility index (Phi) is 3.23. The number of hydrogen-bond donors (Lipinski definition) is 2. The van der Waals surface area contributed by atoms with E-state index >= 15 is 0 Å². The van der Waals surface area contributed by atoms with E-state index in [9.17, 15) is 0 Å². The second-order valence-corrected chi connectivity index (χ2v) is 3.91. The first-order valence-electron chi connectivity index (χ1n) is 4.65. The Balaban J connectivity index is 1.48. The Morgan fingerprint density at radius 3 is 3.08 bits per heavy atom. The Morgan fingerprint density at radius 1 is 1.46 bits per heavy atom. The van der Waals surface area contributed by atoms with Gasteiger partial charge in [-0.25, -0.2) is 0 Å². The summed E-state index contributed by atoms with van der Waals surface area (Å²) in [7, 11) is 0. The SMILES string of the molecule is c1snnc1CNCCNC1CC1. The molecule has 4 nitrogen and oxygen atoms in total. The second-order valence-electron chi connectivity index (χ2n) is 3.30. The van der Waals surface area contributed by atoms with Crippen molar-refractivity contribution >= 4 is 11.5 Å². The van der Waals surface area contributed by atoms with Gasteiger partial charge in [0.2, 0.25) is 0 Å². The average Bonchev–Trinajstić information content (AvgIpc) is 2.81. The average molecular weight is 198 g/mol. The molecule has 1 aromatic rings. The highest BCUT2D eigenvalue weighted by molar-refractivity contribution is 7.03. The first-order valence-corrected chi connectivity index (χ1v) is 5.49. The number of rotatable bonds is 6. The molecular weight excluding hydrogens is 184 g/mol. The highest BCUT2D eigenvalue weighted by Gasteiger charge is 2.19. The van der Waals surface area contributed by atoms with Crippen molar-refractivity contribution in [3.05, 3.63) is 11.1 Å². The van der Waals surface area contributed by atoms with Gasteiger partial charge in [-0.1, -0.05) is 4.49 Å². The number of aromatic nitrogens is 2. The van der Waals surface area contributed by atoms with Crippen molar-refractivity contribution < 1.29 is 0 Å². The minimum atomic E-state index is 0.808. The highest BCUT2D eigenvalue weighted by atomic mass is 32.1. The summed E-state index contributed by atoms with van der Waals surface area (Å²) in [6, 6.07) is 0.808. The molecule has 1 aromatic heterocycles. The summed E-state index contributed by atoms with van der Waals surface area (Å²) >= 11 is 1.40. The Hall–Kier alpha value is -0.520. The monoisotopic (exact) mass is 198 g/mol. The van der Waals surface area contributed by atoms with Crippen LogP contribution in [-0.2, 0) is 6.54 Å². The van der Waals surface area contributed by atoms with Crippen molar-refractivity contribution in [2.24, 2.45) is 0 Å². The van der Waals surface area contributed by atoms with Gasteiger partial charge in [0.05, 0.1) is 5.69 Å². The fraction of sp³-hybridized carbons (Fsp3) is 0.750. The molecule has 0 unspecified atom stereocenters. The predicted octanol–water partition coefficient (Wildman–Crippen LogP) is 0.380. The van der Waals surface area contributed by atoms with Crippen molar-refractivity contribution in [1.29, 1.82) is 0 Å². The zero-order valence-corrected chi connectivity index (χ0v) is 8.31. The van der Waals surface area contributed by atoms with Gasteiger partial charge in [0.15, 0.2) is 0 Å². The molecule has 0 aliphatic heterocycles. The normalized spacial score (nSPS) is 16.3. The number of hydrogen-bond acceptors (Lipinski definition) is 5. The molecule has 1 heterocycles. The quantitative estimate of drug-likeness (QED) is 0.649. The molecule has 1 fully saturated rings. The van der Waals surface area contributed by atoms with Gasteiger partial charge in [-0.15, -0.1) is 5.10 Å². The maximum atomic E-state index is 3.95. The van der Waals surface area contributed by atoms with E-state index in [2.05, 4.69) is 20.2 Å². The van der Waals surface area contributed by atoms with Gasteiger partial charge >= 0.3 is 0 Å². The highest BCUT2D eigenvalue weighted by Crippen LogP contribution is 2.17. The van der Waals surface area contributed by atoms with Crippen LogP contribution in [0.2, 0.25) is 0 Å². The Bertz CT molecular complexity index is 232. The fourth-order valence-corrected chi connectivity index (χ4v) is 1.58. The van der Waals surface area contributed by atoms with Gasteiger partial charge in [0.25, 0.3) is 0 Å². The number of nitrogens with zero attached hydrogens (tertiary/aromatic N) is 2. The Morgan fingerprint density at radius 2 is 2.38 bits per heavy atom. The standard InChI is InChI=1S/C8H14N4S/c1-2-7(1)10-4-3-9-5-8-6-13-12-11-8/h6-7,9-10H,1-5H2. The molecule has 2 N–H and O–H groups in total. The molecule has 1 aliphatic carbocycles. The van der Waals surface area contributed by atoms with Crippen LogP contribution in [0, 0.1) is 0 Å². The summed E-state index contributed by atoms with van der Waals surface area (Å²) in [5.74, 6) is 0. The molecule has 5 heteroatoms. The van der Waals surface area contributed by atoms with E-state index in [1.54, 1.807) is 0 Å². The zero-order valence-electron chi connectivity index (χ0n) is 7.49. The van der Waals surface area contributed by atoms with Crippen molar-refractivity contribution in [3.8, 4) is 0 Å². The molecular formula is C8H14N4S. The molecule has 0 spiro atoms. The molecule has 0 bridgehead atoms. The lowest BCUT2D eigenvalue weighted by atomic mass is 10.5. The predicted molar refractivity (Wildman–Crippen MR) is 52.6 cm³/mol. The van der Waals surface area contributed by atoms with E-state index in [1.165, 1.54) is 24.4 Å². The zero-order chi connectivity index (χ0) is 8.93. The molecule has 0 radical (unpaired) electrons. The summed E-state index contributed by atoms with van der Waals surface area (Å²) in [6.45, 7) is 2.90. The smallest absolute Gasteiger partial charge is 0.0893 e. The van der Waals surface area contributed by atoms with Gasteiger partial charge in [-0.3, -0.25) is 0 Å². The fourth-order valence-electron chi connectivity index (χ4n) is 1.13. The summed E-state index contributed by atoms with van der Waals surface area (Å²) < 4.78 is 3.80. The van der Waals surface area contributed by atoms with Crippen molar-refractivity contribution in [1.82, 2.24) is 20.2 Å². The van der Waals surface area contributed by atoms with Crippen molar-refractivity contribution in [2.45, 2.75) is 25.4 Å². The van der Waals surface area contributed by atoms with E-state index in [0.29, 0.717) is 0 Å². The van der Waals surface area contributed by atoms with E-state index in [4.69, 9.17) is 0 Å². The summed E-state index contributed by atoms with van der Waals surface area (Å²) in [5.41, 5.74) is 1.04. The maximum absolute atomic E-state index is 3.95. The van der Waals surface area contributed by atoms with Gasteiger partial charge in [0, 0.05) is 31.1 Å². The number of nitrogens with one attached hydrogen (secondary N) is 2. The van der Waals surface area contributed by atoms with Crippen molar-refractivity contribution in [3.63, 3.8) is 0 Å². The van der Waals surface area contributed by atoms with Gasteiger partial charge in [0.1, 0.15) is 0 Å². The molecule has 0 atom stereocenters. The first kappa shape index (κ1) is 9.05. The maximum Gasteiger partial charge on any atom is 0.0893 e. The third-order valence-corrected chi connectivity index (χ3v) is 2.58. The van der Waals surface area contributed by atoms with Crippen LogP contribution in [0.5, 0.6) is 0 Å². The Labute approximate surface area is 81.9 Å². The molecule has 13 heavy (non-hydrogen) atoms. The minimum absolute atomic E-state index is 0.808. The van der Waals surface area contributed by atoms with Crippen LogP contribution in [0.25, 0.3) is 0 Å². The minimum Gasteiger partial charge on any atom is -0.313 e. The van der Waals surface area contributed by atoms with Gasteiger partial charge in [-0.05, 0) is 24.4 Å². The molecule has 1 aliphatic rings. The third-order valence-electron chi connectivity index (χ3n) is 2.02. The van der Waals surface area contributed by atoms with Crippen LogP contribution in [0.3, 0.4) is 0 Å². The summed E-state index contributed by atoms with van der Waals surface area (Å²) in [4.78, 5) is 0. The topological polar surface area (TPSA) is 49.8 Å². The van der Waals surface area contributed by atoms with Crippen LogP contribution in [0.4, 0.5) is 0 Å². The van der Waals surface area contributed by atoms with Gasteiger partial charge < -0.3 is 10.6 Å². The molecule has 0 saturated heterocycles. The van der Waals surface area contributed by atoms with Gasteiger partial charge in [-0.2, -0.15) is 0 Å². The van der Waals surface area contributed by atoms with E-state index in [-0.39, 0.29) is 0 Å². The summed E-state index contributed by atoms with van der Waals surface area (Å²) in [6.07, 6.45) is 2.71. The molecule has 1 saturated carbocycles.